The Labute approximate surface area is 201 Å². The average Bonchev–Trinajstić information content (AvgIpc) is 3.67. The molecule has 0 radical (unpaired) electrons. The number of ether oxygens (including phenoxy) is 2. The summed E-state index contributed by atoms with van der Waals surface area (Å²) < 4.78 is 11.2. The number of anilines is 1. The Morgan fingerprint density at radius 1 is 0.971 bits per heavy atom. The first-order valence-corrected chi connectivity index (χ1v) is 12.2. The zero-order chi connectivity index (χ0) is 23.3. The van der Waals surface area contributed by atoms with Crippen LogP contribution in [0.5, 0.6) is 5.75 Å². The number of hydrogen-bond donors (Lipinski definition) is 1. The molecule has 34 heavy (non-hydrogen) atoms. The summed E-state index contributed by atoms with van der Waals surface area (Å²) in [7, 11) is 0. The molecule has 176 valence electrons. The molecule has 0 aromatic heterocycles. The molecule has 3 aromatic rings. The van der Waals surface area contributed by atoms with Gasteiger partial charge in [0.15, 0.2) is 0 Å². The van der Waals surface area contributed by atoms with Gasteiger partial charge < -0.3 is 19.7 Å². The van der Waals surface area contributed by atoms with Crippen molar-refractivity contribution in [3.63, 3.8) is 0 Å². The average molecular weight is 457 g/mol. The van der Waals surface area contributed by atoms with Crippen LogP contribution < -0.4 is 15.0 Å². The summed E-state index contributed by atoms with van der Waals surface area (Å²) in [5.74, 6) is 2.27. The predicted octanol–water partition coefficient (Wildman–Crippen LogP) is 6.07. The third-order valence-corrected chi connectivity index (χ3v) is 6.72. The monoisotopic (exact) mass is 456 g/mol. The largest absolute Gasteiger partial charge is 0.493 e. The van der Waals surface area contributed by atoms with E-state index in [1.165, 1.54) is 24.1 Å². The fourth-order valence-corrected chi connectivity index (χ4v) is 4.23. The lowest BCUT2D eigenvalue weighted by Gasteiger charge is -2.41. The molecule has 2 fully saturated rings. The van der Waals surface area contributed by atoms with Crippen molar-refractivity contribution in [2.24, 2.45) is 5.92 Å². The molecular formula is C29H32N2O3. The standard InChI is InChI=1S/C29H32N2O3/c1-21(30-29(32)34-20-22-5-3-2-4-6-22)24-9-11-25(12-10-24)26-17-31(18-26)27-13-15-28(16-14-27)33-19-23-7-8-23/h2-6,9-16,21,23,26H,7-8,17-20H2,1H3,(H,30,32). The summed E-state index contributed by atoms with van der Waals surface area (Å²) >= 11 is 0. The van der Waals surface area contributed by atoms with Gasteiger partial charge in [-0.3, -0.25) is 0 Å². The summed E-state index contributed by atoms with van der Waals surface area (Å²) in [5, 5.41) is 2.92. The Morgan fingerprint density at radius 2 is 1.68 bits per heavy atom. The summed E-state index contributed by atoms with van der Waals surface area (Å²) in [6.07, 6.45) is 2.22. The van der Waals surface area contributed by atoms with Gasteiger partial charge in [-0.25, -0.2) is 4.79 Å². The maximum absolute atomic E-state index is 12.1. The van der Waals surface area contributed by atoms with Gasteiger partial charge in [-0.1, -0.05) is 54.6 Å². The molecule has 3 aromatic carbocycles. The lowest BCUT2D eigenvalue weighted by atomic mass is 9.90. The van der Waals surface area contributed by atoms with Gasteiger partial charge in [-0.2, -0.15) is 0 Å². The van der Waals surface area contributed by atoms with Gasteiger partial charge in [0, 0.05) is 24.7 Å². The van der Waals surface area contributed by atoms with Crippen LogP contribution in [-0.2, 0) is 11.3 Å². The fraction of sp³-hybridized carbons (Fsp3) is 0.345. The van der Waals surface area contributed by atoms with Crippen molar-refractivity contribution in [3.8, 4) is 5.75 Å². The number of carbonyl (C=O) groups excluding carboxylic acids is 1. The quantitative estimate of drug-likeness (QED) is 0.425. The van der Waals surface area contributed by atoms with E-state index in [-0.39, 0.29) is 12.6 Å². The van der Waals surface area contributed by atoms with Crippen LogP contribution >= 0.6 is 0 Å². The number of hydrogen-bond acceptors (Lipinski definition) is 4. The Kier molecular flexibility index (Phi) is 6.70. The Hall–Kier alpha value is -3.47. The van der Waals surface area contributed by atoms with E-state index < -0.39 is 6.09 Å². The van der Waals surface area contributed by atoms with E-state index in [1.54, 1.807) is 0 Å². The summed E-state index contributed by atoms with van der Waals surface area (Å²) in [6, 6.07) is 26.6. The lowest BCUT2D eigenvalue weighted by molar-refractivity contribution is 0.136. The van der Waals surface area contributed by atoms with Crippen LogP contribution in [0.15, 0.2) is 78.9 Å². The molecule has 1 aliphatic carbocycles. The normalized spacial score (nSPS) is 16.4. The SMILES string of the molecule is CC(NC(=O)OCc1ccccc1)c1ccc(C2CN(c3ccc(OCC4CC4)cc3)C2)cc1. The highest BCUT2D eigenvalue weighted by atomic mass is 16.5. The van der Waals surface area contributed by atoms with E-state index >= 15 is 0 Å². The number of benzene rings is 3. The number of rotatable bonds is 9. The molecule has 1 heterocycles. The van der Waals surface area contributed by atoms with Gasteiger partial charge in [0.25, 0.3) is 0 Å². The molecular weight excluding hydrogens is 424 g/mol. The van der Waals surface area contributed by atoms with Crippen LogP contribution in [0.25, 0.3) is 0 Å². The van der Waals surface area contributed by atoms with Crippen molar-refractivity contribution in [1.29, 1.82) is 0 Å². The molecule has 0 spiro atoms. The molecule has 1 unspecified atom stereocenters. The zero-order valence-corrected chi connectivity index (χ0v) is 19.7. The van der Waals surface area contributed by atoms with Crippen LogP contribution in [0, 0.1) is 5.92 Å². The van der Waals surface area contributed by atoms with Gasteiger partial charge in [0.05, 0.1) is 12.6 Å². The summed E-state index contributed by atoms with van der Waals surface area (Å²) in [4.78, 5) is 14.5. The first-order valence-electron chi connectivity index (χ1n) is 12.2. The third-order valence-electron chi connectivity index (χ3n) is 6.72. The molecule has 1 amide bonds. The topological polar surface area (TPSA) is 50.8 Å². The number of alkyl carbamates (subject to hydrolysis) is 1. The molecule has 1 saturated heterocycles. The number of amides is 1. The first-order chi connectivity index (χ1) is 16.6. The molecule has 5 nitrogen and oxygen atoms in total. The minimum absolute atomic E-state index is 0.115. The molecule has 1 N–H and O–H groups in total. The third kappa shape index (κ3) is 5.71. The minimum Gasteiger partial charge on any atom is -0.493 e. The van der Waals surface area contributed by atoms with E-state index in [0.29, 0.717) is 5.92 Å². The molecule has 1 atom stereocenters. The van der Waals surface area contributed by atoms with E-state index in [9.17, 15) is 4.79 Å². The van der Waals surface area contributed by atoms with Crippen LogP contribution in [0.1, 0.15) is 48.4 Å². The van der Waals surface area contributed by atoms with Gasteiger partial charge in [-0.05, 0) is 66.6 Å². The van der Waals surface area contributed by atoms with E-state index in [0.717, 1.165) is 42.5 Å². The van der Waals surface area contributed by atoms with Gasteiger partial charge in [0.2, 0.25) is 0 Å². The van der Waals surface area contributed by atoms with Crippen LogP contribution in [0.4, 0.5) is 10.5 Å². The van der Waals surface area contributed by atoms with Gasteiger partial charge in [-0.15, -0.1) is 0 Å². The molecule has 5 rings (SSSR count). The maximum atomic E-state index is 12.1. The molecule has 0 bridgehead atoms. The molecule has 1 aliphatic heterocycles. The zero-order valence-electron chi connectivity index (χ0n) is 19.7. The minimum atomic E-state index is -0.404. The van der Waals surface area contributed by atoms with Crippen LogP contribution in [0.2, 0.25) is 0 Å². The van der Waals surface area contributed by atoms with E-state index in [2.05, 4.69) is 58.7 Å². The molecule has 1 saturated carbocycles. The second kappa shape index (κ2) is 10.2. The van der Waals surface area contributed by atoms with Crippen molar-refractivity contribution in [1.82, 2.24) is 5.32 Å². The highest BCUT2D eigenvalue weighted by molar-refractivity contribution is 5.67. The molecule has 2 aliphatic rings. The predicted molar refractivity (Wildman–Crippen MR) is 134 cm³/mol. The Balaban J connectivity index is 1.07. The Bertz CT molecular complexity index is 1070. The highest BCUT2D eigenvalue weighted by Gasteiger charge is 2.28. The number of carbonyl (C=O) groups is 1. The van der Waals surface area contributed by atoms with Crippen LogP contribution in [-0.4, -0.2) is 25.8 Å². The van der Waals surface area contributed by atoms with Crippen molar-refractivity contribution in [2.45, 2.75) is 38.3 Å². The molecule has 5 heteroatoms. The number of nitrogens with one attached hydrogen (secondary N) is 1. The number of nitrogens with zero attached hydrogens (tertiary/aromatic N) is 1. The van der Waals surface area contributed by atoms with Crippen molar-refractivity contribution in [2.75, 3.05) is 24.6 Å². The summed E-state index contributed by atoms with van der Waals surface area (Å²) in [5.41, 5.74) is 4.63. The highest BCUT2D eigenvalue weighted by Crippen LogP contribution is 2.34. The summed E-state index contributed by atoms with van der Waals surface area (Å²) in [6.45, 7) is 5.13. The lowest BCUT2D eigenvalue weighted by Crippen LogP contribution is -2.45. The maximum Gasteiger partial charge on any atom is 0.407 e. The fourth-order valence-electron chi connectivity index (χ4n) is 4.23. The van der Waals surface area contributed by atoms with Gasteiger partial charge in [0.1, 0.15) is 12.4 Å². The van der Waals surface area contributed by atoms with E-state index in [4.69, 9.17) is 9.47 Å². The van der Waals surface area contributed by atoms with Gasteiger partial charge >= 0.3 is 6.09 Å². The smallest absolute Gasteiger partial charge is 0.407 e. The van der Waals surface area contributed by atoms with Crippen LogP contribution in [0.3, 0.4) is 0 Å². The Morgan fingerprint density at radius 3 is 2.35 bits per heavy atom. The van der Waals surface area contributed by atoms with Crippen molar-refractivity contribution >= 4 is 11.8 Å². The second-order valence-corrected chi connectivity index (χ2v) is 9.44. The first kappa shape index (κ1) is 22.3. The second-order valence-electron chi connectivity index (χ2n) is 9.44. The van der Waals surface area contributed by atoms with E-state index in [1.807, 2.05) is 37.3 Å². The van der Waals surface area contributed by atoms with Crippen molar-refractivity contribution in [3.05, 3.63) is 95.6 Å². The van der Waals surface area contributed by atoms with Crippen molar-refractivity contribution < 1.29 is 14.3 Å².